The molecule has 2 heterocycles. The molecule has 5 nitrogen and oxygen atoms in total. The smallest absolute Gasteiger partial charge is 0.321 e. The van der Waals surface area contributed by atoms with Crippen molar-refractivity contribution < 1.29 is 13.7 Å². The molecule has 0 aliphatic rings. The summed E-state index contributed by atoms with van der Waals surface area (Å²) in [5.74, 6) is 3.38. The van der Waals surface area contributed by atoms with Gasteiger partial charge >= 0.3 is 5.97 Å². The maximum Gasteiger partial charge on any atom is 0.321 e. The van der Waals surface area contributed by atoms with Crippen LogP contribution in [-0.2, 0) is 19.1 Å². The summed E-state index contributed by atoms with van der Waals surface area (Å²) in [6.45, 7) is 3.99. The average Bonchev–Trinajstić information content (AvgIpc) is 3.39. The lowest BCUT2D eigenvalue weighted by Crippen LogP contribution is -2.21. The molecule has 0 saturated heterocycles. The molecular weight excluding hydrogens is 532 g/mol. The molecule has 176 valence electrons. The monoisotopic (exact) mass is 556 g/mol. The number of imidazole rings is 1. The molecule has 2 unspecified atom stereocenters. The normalized spacial score (nSPS) is 13.9. The van der Waals surface area contributed by atoms with Gasteiger partial charge in [0.2, 0.25) is 0 Å². The molecule has 4 rings (SSSR count). The van der Waals surface area contributed by atoms with Crippen LogP contribution in [0.1, 0.15) is 29.9 Å². The highest BCUT2D eigenvalue weighted by Gasteiger charge is 2.31. The Hall–Kier alpha value is -2.68. The van der Waals surface area contributed by atoms with Crippen LogP contribution in [0.25, 0.3) is 15.4 Å². The van der Waals surface area contributed by atoms with E-state index in [1.165, 1.54) is 0 Å². The highest BCUT2D eigenvalue weighted by atomic mass is 79.9. The van der Waals surface area contributed by atoms with Crippen LogP contribution >= 0.6 is 27.3 Å². The summed E-state index contributed by atoms with van der Waals surface area (Å²) in [6.07, 6.45) is 1.64. The highest BCUT2D eigenvalue weighted by molar-refractivity contribution is 9.10. The van der Waals surface area contributed by atoms with Crippen LogP contribution in [0.2, 0.25) is 0 Å². The standard InChI is InChI=1S/C26H25BrN2O3S2/c1-5-32-26(30)23(18-10-7-6-8-11-18)25-28-17(2)24(27)29(25)22-15-14-21(33-22)19-12-9-13-20(16-19)34(3,4)31/h6-16,23H,3,5H2,1-2,4H3. The van der Waals surface area contributed by atoms with Gasteiger partial charge in [-0.2, -0.15) is 0 Å². The molecular formula is C26H25BrN2O3S2. The lowest BCUT2D eigenvalue weighted by molar-refractivity contribution is -0.144. The molecule has 0 radical (unpaired) electrons. The van der Waals surface area contributed by atoms with Gasteiger partial charge in [0.15, 0.2) is 0 Å². The van der Waals surface area contributed by atoms with Gasteiger partial charge in [-0.25, -0.2) is 4.98 Å². The first-order valence-electron chi connectivity index (χ1n) is 10.7. The largest absolute Gasteiger partial charge is 0.465 e. The van der Waals surface area contributed by atoms with E-state index < -0.39 is 15.4 Å². The number of carbonyl (C=O) groups excluding carboxylic acids is 1. The molecule has 2 aromatic carbocycles. The fraction of sp³-hybridized carbons (Fsp3) is 0.192. The maximum atomic E-state index is 13.1. The number of halogens is 1. The second kappa shape index (κ2) is 9.90. The predicted octanol–water partition coefficient (Wildman–Crippen LogP) is 6.07. The van der Waals surface area contributed by atoms with Gasteiger partial charge in [-0.1, -0.05) is 42.5 Å². The van der Waals surface area contributed by atoms with Crippen LogP contribution < -0.4 is 0 Å². The molecule has 0 fully saturated rings. The number of esters is 1. The van der Waals surface area contributed by atoms with Crippen molar-refractivity contribution in [1.29, 1.82) is 0 Å². The minimum absolute atomic E-state index is 0.287. The zero-order chi connectivity index (χ0) is 24.5. The number of aromatic nitrogens is 2. The maximum absolute atomic E-state index is 13.1. The Kier molecular flexibility index (Phi) is 7.12. The number of aryl methyl sites for hydroxylation is 1. The minimum Gasteiger partial charge on any atom is -0.465 e. The van der Waals surface area contributed by atoms with Crippen molar-refractivity contribution in [1.82, 2.24) is 9.55 Å². The van der Waals surface area contributed by atoms with Crippen LogP contribution in [-0.4, -0.2) is 38.5 Å². The van der Waals surface area contributed by atoms with Gasteiger partial charge < -0.3 is 4.74 Å². The second-order valence-corrected chi connectivity index (χ2v) is 12.2. The van der Waals surface area contributed by atoms with Gasteiger partial charge in [0, 0.05) is 16.0 Å². The lowest BCUT2D eigenvalue weighted by Gasteiger charge is -2.17. The molecule has 2 aromatic heterocycles. The number of hydrogen-bond acceptors (Lipinski definition) is 5. The van der Waals surface area contributed by atoms with Gasteiger partial charge in [0.25, 0.3) is 0 Å². The van der Waals surface area contributed by atoms with Crippen LogP contribution in [0.4, 0.5) is 0 Å². The van der Waals surface area contributed by atoms with Crippen molar-refractivity contribution in [2.45, 2.75) is 24.7 Å². The SMILES string of the molecule is C=S(C)(=O)c1cccc(-c2ccc(-n3c(C(C(=O)OCC)c4ccccc4)nc(C)c3Br)s2)c1. The predicted molar refractivity (Wildman–Crippen MR) is 144 cm³/mol. The molecule has 0 spiro atoms. The number of benzene rings is 2. The third-order valence-corrected chi connectivity index (χ3v) is 8.65. The van der Waals surface area contributed by atoms with Crippen molar-refractivity contribution in [3.63, 3.8) is 0 Å². The number of hydrogen-bond donors (Lipinski definition) is 0. The summed E-state index contributed by atoms with van der Waals surface area (Å²) >= 11 is 5.24. The fourth-order valence-electron chi connectivity index (χ4n) is 3.72. The van der Waals surface area contributed by atoms with E-state index in [1.54, 1.807) is 24.5 Å². The van der Waals surface area contributed by atoms with Gasteiger partial charge in [-0.3, -0.25) is 13.6 Å². The van der Waals surface area contributed by atoms with E-state index in [9.17, 15) is 9.00 Å². The van der Waals surface area contributed by atoms with Gasteiger partial charge in [0.05, 0.1) is 12.3 Å². The topological polar surface area (TPSA) is 61.2 Å². The molecule has 34 heavy (non-hydrogen) atoms. The average molecular weight is 558 g/mol. The van der Waals surface area contributed by atoms with E-state index in [-0.39, 0.29) is 12.6 Å². The summed E-state index contributed by atoms with van der Waals surface area (Å²) in [5.41, 5.74) is 2.56. The third-order valence-electron chi connectivity index (χ3n) is 5.35. The van der Waals surface area contributed by atoms with Crippen molar-refractivity contribution in [3.8, 4) is 15.4 Å². The Morgan fingerprint density at radius 1 is 1.18 bits per heavy atom. The molecule has 0 N–H and O–H groups in total. The van der Waals surface area contributed by atoms with Crippen LogP contribution in [0.5, 0.6) is 0 Å². The lowest BCUT2D eigenvalue weighted by atomic mass is 9.98. The Balaban J connectivity index is 1.83. The number of thiophene rings is 1. The molecule has 4 aromatic rings. The summed E-state index contributed by atoms with van der Waals surface area (Å²) in [7, 11) is -2.32. The number of carbonyl (C=O) groups is 1. The summed E-state index contributed by atoms with van der Waals surface area (Å²) in [5, 5.41) is 0.903. The van der Waals surface area contributed by atoms with Gasteiger partial charge in [-0.05, 0) is 80.6 Å². The van der Waals surface area contributed by atoms with E-state index in [1.807, 2.05) is 78.2 Å². The van der Waals surface area contributed by atoms with E-state index in [2.05, 4.69) is 21.8 Å². The first kappa shape index (κ1) is 24.4. The van der Waals surface area contributed by atoms with Crippen molar-refractivity contribution >= 4 is 48.6 Å². The summed E-state index contributed by atoms with van der Waals surface area (Å²) < 4.78 is 20.6. The molecule has 8 heteroatoms. The Morgan fingerprint density at radius 3 is 2.59 bits per heavy atom. The van der Waals surface area contributed by atoms with E-state index >= 15 is 0 Å². The highest BCUT2D eigenvalue weighted by Crippen LogP contribution is 2.37. The summed E-state index contributed by atoms with van der Waals surface area (Å²) in [6, 6.07) is 21.2. The minimum atomic E-state index is -2.32. The first-order chi connectivity index (χ1) is 16.2. The molecule has 0 aliphatic carbocycles. The summed E-state index contributed by atoms with van der Waals surface area (Å²) in [4.78, 5) is 19.6. The van der Waals surface area contributed by atoms with Gasteiger partial charge in [0.1, 0.15) is 21.3 Å². The van der Waals surface area contributed by atoms with Crippen LogP contribution in [0, 0.1) is 6.92 Å². The molecule has 0 aliphatic heterocycles. The zero-order valence-electron chi connectivity index (χ0n) is 19.2. The second-order valence-electron chi connectivity index (χ2n) is 7.95. The quantitative estimate of drug-likeness (QED) is 0.204. The zero-order valence-corrected chi connectivity index (χ0v) is 22.4. The van der Waals surface area contributed by atoms with Crippen molar-refractivity contribution in [2.24, 2.45) is 0 Å². The Morgan fingerprint density at radius 2 is 1.91 bits per heavy atom. The number of rotatable bonds is 7. The van der Waals surface area contributed by atoms with Crippen molar-refractivity contribution in [2.75, 3.05) is 12.9 Å². The first-order valence-corrected chi connectivity index (χ1v) is 14.4. The molecule has 0 amide bonds. The fourth-order valence-corrected chi connectivity index (χ4v) is 6.06. The number of ether oxygens (including phenoxy) is 1. The van der Waals surface area contributed by atoms with E-state index in [4.69, 9.17) is 9.72 Å². The molecule has 0 bridgehead atoms. The van der Waals surface area contributed by atoms with Gasteiger partial charge in [-0.15, -0.1) is 11.3 Å². The molecule has 2 atom stereocenters. The molecule has 0 saturated carbocycles. The Labute approximate surface area is 212 Å². The Bertz CT molecular complexity index is 1440. The van der Waals surface area contributed by atoms with E-state index in [0.29, 0.717) is 10.7 Å². The third kappa shape index (κ3) is 4.89. The van der Waals surface area contributed by atoms with E-state index in [0.717, 1.165) is 31.3 Å². The van der Waals surface area contributed by atoms with Crippen LogP contribution in [0.15, 0.2) is 76.2 Å². The number of nitrogens with zero attached hydrogens (tertiary/aromatic N) is 2. The van der Waals surface area contributed by atoms with Crippen LogP contribution in [0.3, 0.4) is 0 Å². The van der Waals surface area contributed by atoms with Crippen molar-refractivity contribution in [3.05, 3.63) is 88.4 Å².